The molecule has 3 heterocycles. The second-order valence-electron chi connectivity index (χ2n) is 18.7. The predicted molar refractivity (Wildman–Crippen MR) is 290 cm³/mol. The van der Waals surface area contributed by atoms with Crippen molar-refractivity contribution in [3.05, 3.63) is 295 Å². The molecule has 0 atom stereocenters. The number of nitrogens with zero attached hydrogens (tertiary/aromatic N) is 5. The summed E-state index contributed by atoms with van der Waals surface area (Å²) in [7, 11) is 0. The Bertz CT molecular complexity index is 3640. The first-order chi connectivity index (χ1) is 34.8. The first-order valence-electron chi connectivity index (χ1n) is 24.0. The van der Waals surface area contributed by atoms with E-state index in [-0.39, 0.29) is 26.5 Å². The summed E-state index contributed by atoms with van der Waals surface area (Å²) >= 11 is 0. The standard InChI is InChI=1S/C46H35N4.C20H15N.Pt/c1-46(2,3)34-28-35(30-36(29-34)50-41-24-11-10-20-39(41)40-23-15-27-47-45(40)50)48-31-49(43-26-13-12-25-42(43)48)44-37(32-16-6-4-7-17-32)21-14-22-38(44)33-18-8-5-9-19-33;1-21-20(17-11-5-2-6-12-17,18-13-7-3-8-14-18)19-15-9-4-10-16-19;/h4-29H,1-3H3;2-16H;/q-1;;. The van der Waals surface area contributed by atoms with Crippen LogP contribution in [0.4, 0.5) is 0 Å². The van der Waals surface area contributed by atoms with Crippen LogP contribution >= 0.6 is 0 Å². The van der Waals surface area contributed by atoms with Crippen LogP contribution < -0.4 is 4.57 Å². The molecule has 3 aromatic heterocycles. The van der Waals surface area contributed by atoms with Crippen LogP contribution in [0.5, 0.6) is 0 Å². The number of para-hydroxylation sites is 4. The van der Waals surface area contributed by atoms with Crippen LogP contribution in [0.15, 0.2) is 249 Å². The Kier molecular flexibility index (Phi) is 13.2. The molecule has 0 amide bonds. The molecule has 0 unspecified atom stereocenters. The van der Waals surface area contributed by atoms with Crippen molar-refractivity contribution in [3.8, 4) is 39.3 Å². The largest absolute Gasteiger partial charge is 0.319 e. The fraction of sp³-hybridized carbons (Fsp3) is 0.0758. The maximum Gasteiger partial charge on any atom is 0.307 e. The molecule has 5 nitrogen and oxygen atoms in total. The third-order valence-corrected chi connectivity index (χ3v) is 13.4. The Morgan fingerprint density at radius 2 is 0.958 bits per heavy atom. The van der Waals surface area contributed by atoms with E-state index < -0.39 is 5.54 Å². The maximum atomic E-state index is 7.95. The Morgan fingerprint density at radius 3 is 1.50 bits per heavy atom. The van der Waals surface area contributed by atoms with E-state index in [0.717, 1.165) is 83.6 Å². The van der Waals surface area contributed by atoms with Gasteiger partial charge in [-0.3, -0.25) is 9.41 Å². The third-order valence-electron chi connectivity index (χ3n) is 13.4. The smallest absolute Gasteiger partial charge is 0.307 e. The van der Waals surface area contributed by atoms with E-state index in [2.05, 4.69) is 197 Å². The molecule has 0 spiro atoms. The molecule has 72 heavy (non-hydrogen) atoms. The second kappa shape index (κ2) is 20.1. The summed E-state index contributed by atoms with van der Waals surface area (Å²) in [6, 6.07) is 87.5. The Labute approximate surface area is 436 Å². The minimum atomic E-state index is -0.788. The molecule has 6 heteroatoms. The third kappa shape index (κ3) is 8.66. The van der Waals surface area contributed by atoms with E-state index in [0.29, 0.717) is 0 Å². The quantitative estimate of drug-likeness (QED) is 0.0847. The predicted octanol–water partition coefficient (Wildman–Crippen LogP) is 15.5. The summed E-state index contributed by atoms with van der Waals surface area (Å²) in [5.41, 5.74) is 15.0. The van der Waals surface area contributed by atoms with Crippen molar-refractivity contribution in [2.75, 3.05) is 0 Å². The van der Waals surface area contributed by atoms with Crippen LogP contribution in [0.1, 0.15) is 43.0 Å². The zero-order chi connectivity index (χ0) is 48.4. The number of rotatable bonds is 8. The SMILES string of the molecule is CC(C)(C)c1cc(-n2[c-][n+](-c3c(-c4ccccc4)cccc3-c3ccccc3)c3ccccc32)[c-]c(-n2c3ccccc3c3cccnc32)c1.[C-]#[N+]C(c1ccccc1)(c1ccccc1)c1ccccc1.[Pt]. The molecule has 0 aliphatic rings. The number of fused-ring (bicyclic) bond motifs is 4. The van der Waals surface area contributed by atoms with Crippen LogP contribution in [0.25, 0.3) is 77.1 Å². The number of hydrogen-bond acceptors (Lipinski definition) is 1. The summed E-state index contributed by atoms with van der Waals surface area (Å²) in [5, 5.41) is 2.30. The molecular formula is C66H50N5Pt-. The van der Waals surface area contributed by atoms with Gasteiger partial charge in [0.05, 0.1) is 22.2 Å². The van der Waals surface area contributed by atoms with Crippen LogP contribution in [0.3, 0.4) is 0 Å². The molecule has 0 radical (unpaired) electrons. The second-order valence-corrected chi connectivity index (χ2v) is 18.7. The van der Waals surface area contributed by atoms with E-state index in [4.69, 9.17) is 11.6 Å². The molecule has 0 saturated carbocycles. The number of imidazole rings is 1. The van der Waals surface area contributed by atoms with Gasteiger partial charge in [-0.25, -0.2) is 11.6 Å². The summed E-state index contributed by atoms with van der Waals surface area (Å²) in [6.07, 6.45) is 5.72. The molecule has 0 bridgehead atoms. The van der Waals surface area contributed by atoms with Crippen molar-refractivity contribution in [1.29, 1.82) is 0 Å². The van der Waals surface area contributed by atoms with Gasteiger partial charge in [0.1, 0.15) is 5.65 Å². The zero-order valence-corrected chi connectivity index (χ0v) is 42.5. The average molecular weight is 1110 g/mol. The Hall–Kier alpha value is -8.42. The molecule has 0 saturated heterocycles. The van der Waals surface area contributed by atoms with Gasteiger partial charge in [0.15, 0.2) is 0 Å². The van der Waals surface area contributed by atoms with Crippen molar-refractivity contribution >= 4 is 33.0 Å². The van der Waals surface area contributed by atoms with Gasteiger partial charge in [-0.1, -0.05) is 239 Å². The van der Waals surface area contributed by atoms with Gasteiger partial charge in [0, 0.05) is 54.7 Å². The van der Waals surface area contributed by atoms with Crippen LogP contribution in [-0.4, -0.2) is 14.1 Å². The fourth-order valence-corrected chi connectivity index (χ4v) is 9.87. The number of pyridine rings is 1. The normalized spacial score (nSPS) is 11.4. The Morgan fingerprint density at radius 1 is 0.486 bits per heavy atom. The fourth-order valence-electron chi connectivity index (χ4n) is 9.87. The van der Waals surface area contributed by atoms with Crippen molar-refractivity contribution in [2.45, 2.75) is 31.7 Å². The van der Waals surface area contributed by atoms with Crippen molar-refractivity contribution < 1.29 is 25.6 Å². The monoisotopic (exact) mass is 1110 g/mol. The molecule has 0 N–H and O–H groups in total. The van der Waals surface area contributed by atoms with Crippen LogP contribution in [0, 0.1) is 19.0 Å². The summed E-state index contributed by atoms with van der Waals surface area (Å²) in [5.74, 6) is 0. The van der Waals surface area contributed by atoms with Crippen LogP contribution in [-0.2, 0) is 32.0 Å². The van der Waals surface area contributed by atoms with E-state index in [1.54, 1.807) is 0 Å². The summed E-state index contributed by atoms with van der Waals surface area (Å²) in [6.45, 7) is 14.7. The van der Waals surface area contributed by atoms with Crippen LogP contribution in [0.2, 0.25) is 0 Å². The minimum Gasteiger partial charge on any atom is -0.319 e. The van der Waals surface area contributed by atoms with Crippen molar-refractivity contribution in [1.82, 2.24) is 14.1 Å². The molecule has 350 valence electrons. The molecule has 12 aromatic rings. The molecule has 0 aliphatic heterocycles. The van der Waals surface area contributed by atoms with Gasteiger partial charge in [0.2, 0.25) is 0 Å². The minimum absolute atomic E-state index is 0. The van der Waals surface area contributed by atoms with E-state index in [1.165, 1.54) is 10.9 Å². The van der Waals surface area contributed by atoms with Gasteiger partial charge < -0.3 is 9.13 Å². The average Bonchev–Trinajstić information content (AvgIpc) is 3.99. The maximum absolute atomic E-state index is 7.95. The van der Waals surface area contributed by atoms with Gasteiger partial charge in [-0.2, -0.15) is 17.7 Å². The van der Waals surface area contributed by atoms with E-state index >= 15 is 0 Å². The first kappa shape index (κ1) is 47.3. The molecular weight excluding hydrogens is 1060 g/mol. The molecule has 9 aromatic carbocycles. The number of aromatic nitrogens is 4. The summed E-state index contributed by atoms with van der Waals surface area (Å²) in [4.78, 5) is 8.96. The summed E-state index contributed by atoms with van der Waals surface area (Å²) < 4.78 is 6.66. The molecule has 0 aliphatic carbocycles. The van der Waals surface area contributed by atoms with Crippen molar-refractivity contribution in [2.24, 2.45) is 0 Å². The number of benzene rings is 9. The topological polar surface area (TPSA) is 31.0 Å². The van der Waals surface area contributed by atoms with Gasteiger partial charge in [0.25, 0.3) is 6.33 Å². The van der Waals surface area contributed by atoms with Gasteiger partial charge in [-0.05, 0) is 51.6 Å². The van der Waals surface area contributed by atoms with Gasteiger partial charge >= 0.3 is 5.54 Å². The van der Waals surface area contributed by atoms with E-state index in [1.807, 2.05) is 103 Å². The zero-order valence-electron chi connectivity index (χ0n) is 40.2. The molecule has 0 fully saturated rings. The number of hydrogen-bond donors (Lipinski definition) is 0. The molecule has 12 rings (SSSR count). The van der Waals surface area contributed by atoms with Crippen molar-refractivity contribution in [3.63, 3.8) is 0 Å². The van der Waals surface area contributed by atoms with E-state index in [9.17, 15) is 0 Å². The first-order valence-corrected chi connectivity index (χ1v) is 24.0. The van der Waals surface area contributed by atoms with Gasteiger partial charge in [-0.15, -0.1) is 6.07 Å². The Balaban J connectivity index is 0.000000227.